The van der Waals surface area contributed by atoms with Gasteiger partial charge < -0.3 is 21.5 Å². The second kappa shape index (κ2) is 6.44. The number of hydrogen-bond acceptors (Lipinski definition) is 1. The molecule has 116 valence electrons. The van der Waals surface area contributed by atoms with Crippen LogP contribution in [-0.2, 0) is 0 Å². The molecule has 0 radical (unpaired) electrons. The monoisotopic (exact) mass is 334 g/mol. The molecule has 1 rings (SSSR count). The summed E-state index contributed by atoms with van der Waals surface area (Å²) in [5.74, 6) is 0. The summed E-state index contributed by atoms with van der Waals surface area (Å²) in [6.07, 6.45) is 5.27. The van der Waals surface area contributed by atoms with Crippen LogP contribution < -0.4 is 17.0 Å². The zero-order valence-electron chi connectivity index (χ0n) is 14.4. The fourth-order valence-electron chi connectivity index (χ4n) is 3.56. The number of likely N-dealkylation sites (tertiary alicyclic amines) is 1. The molecule has 3 heteroatoms. The molecule has 0 amide bonds. The highest BCUT2D eigenvalue weighted by atomic mass is 79.9. The van der Waals surface area contributed by atoms with Crippen LogP contribution >= 0.6 is 0 Å². The third-order valence-electron chi connectivity index (χ3n) is 5.36. The van der Waals surface area contributed by atoms with E-state index >= 15 is 0 Å². The van der Waals surface area contributed by atoms with Crippen LogP contribution in [0.5, 0.6) is 0 Å². The van der Waals surface area contributed by atoms with Crippen molar-refractivity contribution >= 4 is 0 Å². The molecule has 1 fully saturated rings. The van der Waals surface area contributed by atoms with E-state index < -0.39 is 0 Å². The van der Waals surface area contributed by atoms with E-state index in [-0.39, 0.29) is 17.0 Å². The molecule has 19 heavy (non-hydrogen) atoms. The van der Waals surface area contributed by atoms with Gasteiger partial charge >= 0.3 is 0 Å². The number of rotatable bonds is 4. The number of unbranched alkanes of at least 4 members (excludes halogenated alkanes) is 1. The maximum Gasteiger partial charge on any atom is 0.0921 e. The van der Waals surface area contributed by atoms with Gasteiger partial charge in [-0.1, -0.05) is 13.3 Å². The SMILES string of the molecule is CCCC[N+](C)(C)C1CC(C)(C)N(C)C(C)(C)C1.[Br-]. The Bertz CT molecular complexity index is 266. The normalized spacial score (nSPS) is 24.0. The molecular weight excluding hydrogens is 300 g/mol. The van der Waals surface area contributed by atoms with Gasteiger partial charge in [-0.15, -0.1) is 0 Å². The minimum atomic E-state index is 0. The van der Waals surface area contributed by atoms with Crippen LogP contribution in [0.2, 0.25) is 0 Å². The first-order valence-corrected chi connectivity index (χ1v) is 7.59. The van der Waals surface area contributed by atoms with E-state index in [1.165, 1.54) is 36.7 Å². The zero-order chi connectivity index (χ0) is 14.2. The van der Waals surface area contributed by atoms with E-state index in [0.717, 1.165) is 6.04 Å². The van der Waals surface area contributed by atoms with Crippen molar-refractivity contribution in [3.63, 3.8) is 0 Å². The van der Waals surface area contributed by atoms with Gasteiger partial charge in [0.1, 0.15) is 0 Å². The second-order valence-electron chi connectivity index (χ2n) is 8.10. The lowest BCUT2D eigenvalue weighted by Crippen LogP contribution is -3.00. The predicted molar refractivity (Wildman–Crippen MR) is 80.8 cm³/mol. The van der Waals surface area contributed by atoms with Crippen molar-refractivity contribution in [1.29, 1.82) is 0 Å². The quantitative estimate of drug-likeness (QED) is 0.677. The standard InChI is InChI=1S/C16H35N2.BrH/c1-9-10-11-18(7,8)14-12-15(2,3)17(6)16(4,5)13-14;/h14H,9-13H2,1-8H3;1H/q+1;/p-1. The minimum Gasteiger partial charge on any atom is -1.00 e. The molecule has 1 aliphatic heterocycles. The smallest absolute Gasteiger partial charge is 0.0921 e. The van der Waals surface area contributed by atoms with Gasteiger partial charge in [0, 0.05) is 23.9 Å². The molecule has 0 aromatic heterocycles. The average Bonchev–Trinajstić information content (AvgIpc) is 2.22. The fourth-order valence-corrected chi connectivity index (χ4v) is 3.56. The second-order valence-corrected chi connectivity index (χ2v) is 8.10. The number of hydrogen-bond donors (Lipinski definition) is 0. The molecule has 0 bridgehead atoms. The number of halogens is 1. The van der Waals surface area contributed by atoms with E-state index in [0.29, 0.717) is 11.1 Å². The fraction of sp³-hybridized carbons (Fsp3) is 1.00. The highest BCUT2D eigenvalue weighted by Gasteiger charge is 2.47. The van der Waals surface area contributed by atoms with Crippen LogP contribution in [0.4, 0.5) is 0 Å². The summed E-state index contributed by atoms with van der Waals surface area (Å²) in [6, 6.07) is 0.790. The first kappa shape index (κ1) is 19.4. The Labute approximate surface area is 131 Å². The Hall–Kier alpha value is 0.400. The molecule has 0 aliphatic carbocycles. The van der Waals surface area contributed by atoms with Crippen molar-refractivity contribution in [3.8, 4) is 0 Å². The van der Waals surface area contributed by atoms with Gasteiger partial charge in [0.05, 0.1) is 26.7 Å². The lowest BCUT2D eigenvalue weighted by Gasteiger charge is -2.56. The molecule has 1 saturated heterocycles. The minimum absolute atomic E-state index is 0. The van der Waals surface area contributed by atoms with Gasteiger partial charge in [0.15, 0.2) is 0 Å². The average molecular weight is 335 g/mol. The highest BCUT2D eigenvalue weighted by molar-refractivity contribution is 4.99. The van der Waals surface area contributed by atoms with Gasteiger partial charge in [-0.05, 0) is 41.2 Å². The van der Waals surface area contributed by atoms with E-state index in [2.05, 4.69) is 60.7 Å². The van der Waals surface area contributed by atoms with E-state index in [1.54, 1.807) is 0 Å². The van der Waals surface area contributed by atoms with Crippen molar-refractivity contribution in [2.24, 2.45) is 0 Å². The summed E-state index contributed by atoms with van der Waals surface area (Å²) >= 11 is 0. The van der Waals surface area contributed by atoms with E-state index in [9.17, 15) is 0 Å². The molecule has 1 heterocycles. The molecule has 0 N–H and O–H groups in total. The van der Waals surface area contributed by atoms with Crippen molar-refractivity contribution in [2.75, 3.05) is 27.7 Å². The van der Waals surface area contributed by atoms with E-state index in [4.69, 9.17) is 0 Å². The molecular formula is C16H35BrN2. The van der Waals surface area contributed by atoms with Crippen LogP contribution in [0.25, 0.3) is 0 Å². The molecule has 2 nitrogen and oxygen atoms in total. The Morgan fingerprint density at radius 1 is 1.05 bits per heavy atom. The van der Waals surface area contributed by atoms with Crippen molar-refractivity contribution < 1.29 is 21.5 Å². The summed E-state index contributed by atoms with van der Waals surface area (Å²) in [7, 11) is 7.15. The molecule has 0 aromatic rings. The van der Waals surface area contributed by atoms with Crippen LogP contribution in [0.1, 0.15) is 60.3 Å². The summed E-state index contributed by atoms with van der Waals surface area (Å²) in [5, 5.41) is 0. The topological polar surface area (TPSA) is 3.24 Å². The van der Waals surface area contributed by atoms with Crippen LogP contribution in [0.15, 0.2) is 0 Å². The highest BCUT2D eigenvalue weighted by Crippen LogP contribution is 2.40. The summed E-state index contributed by atoms with van der Waals surface area (Å²) in [4.78, 5) is 2.58. The molecule has 0 unspecified atom stereocenters. The molecule has 0 aromatic carbocycles. The van der Waals surface area contributed by atoms with Crippen molar-refractivity contribution in [1.82, 2.24) is 4.90 Å². The first-order chi connectivity index (χ1) is 8.03. The van der Waals surface area contributed by atoms with Gasteiger partial charge in [-0.2, -0.15) is 0 Å². The van der Waals surface area contributed by atoms with E-state index in [1.807, 2.05) is 0 Å². The van der Waals surface area contributed by atoms with Gasteiger partial charge in [0.25, 0.3) is 0 Å². The lowest BCUT2D eigenvalue weighted by molar-refractivity contribution is -0.918. The largest absolute Gasteiger partial charge is 1.00 e. The maximum absolute atomic E-state index is 2.58. The molecule has 1 aliphatic rings. The zero-order valence-corrected chi connectivity index (χ0v) is 16.0. The van der Waals surface area contributed by atoms with Crippen LogP contribution in [0, 0.1) is 0 Å². The van der Waals surface area contributed by atoms with Gasteiger partial charge in [-0.3, -0.25) is 4.90 Å². The third-order valence-corrected chi connectivity index (χ3v) is 5.36. The van der Waals surface area contributed by atoms with Crippen LogP contribution in [0.3, 0.4) is 0 Å². The third kappa shape index (κ3) is 4.44. The maximum atomic E-state index is 2.58. The Morgan fingerprint density at radius 3 is 1.84 bits per heavy atom. The van der Waals surface area contributed by atoms with Crippen molar-refractivity contribution in [2.45, 2.75) is 77.4 Å². The molecule has 0 atom stereocenters. The number of nitrogens with zero attached hydrogens (tertiary/aromatic N) is 2. The molecule has 0 saturated carbocycles. The number of quaternary nitrogens is 1. The predicted octanol–water partition coefficient (Wildman–Crippen LogP) is 0.518. The van der Waals surface area contributed by atoms with Crippen molar-refractivity contribution in [3.05, 3.63) is 0 Å². The number of piperidine rings is 1. The van der Waals surface area contributed by atoms with Gasteiger partial charge in [0.2, 0.25) is 0 Å². The molecule has 0 spiro atoms. The Balaban J connectivity index is 0.00000324. The summed E-state index contributed by atoms with van der Waals surface area (Å²) in [5.41, 5.74) is 0.627. The first-order valence-electron chi connectivity index (χ1n) is 7.59. The Morgan fingerprint density at radius 2 is 1.47 bits per heavy atom. The van der Waals surface area contributed by atoms with Crippen LogP contribution in [-0.4, -0.2) is 54.2 Å². The lowest BCUT2D eigenvalue weighted by atomic mass is 9.76. The van der Waals surface area contributed by atoms with Gasteiger partial charge in [-0.25, -0.2) is 0 Å². The Kier molecular flexibility index (Phi) is 6.58. The summed E-state index contributed by atoms with van der Waals surface area (Å²) in [6.45, 7) is 13.2. The summed E-state index contributed by atoms with van der Waals surface area (Å²) < 4.78 is 1.19.